The summed E-state index contributed by atoms with van der Waals surface area (Å²) in [5, 5.41) is 12.2. The van der Waals surface area contributed by atoms with Gasteiger partial charge < -0.3 is 10.2 Å². The Morgan fingerprint density at radius 1 is 1.28 bits per heavy atom. The zero-order valence-electron chi connectivity index (χ0n) is 13.8. The van der Waals surface area contributed by atoms with Crippen LogP contribution in [-0.2, 0) is 0 Å². The van der Waals surface area contributed by atoms with E-state index in [4.69, 9.17) is 5.26 Å². The number of carbonyl (C=O) groups is 1. The van der Waals surface area contributed by atoms with Gasteiger partial charge in [0.15, 0.2) is 0 Å². The fraction of sp³-hybridized carbons (Fsp3) is 0.368. The summed E-state index contributed by atoms with van der Waals surface area (Å²) in [6.07, 6.45) is 2.40. The highest BCUT2D eigenvalue weighted by molar-refractivity contribution is 8.01. The normalized spacial score (nSPS) is 24.7. The molecule has 0 aliphatic carbocycles. The molecule has 4 heterocycles. The van der Waals surface area contributed by atoms with Gasteiger partial charge in [-0.25, -0.2) is 0 Å². The molecule has 3 saturated heterocycles. The Morgan fingerprint density at radius 2 is 2.12 bits per heavy atom. The molecule has 0 radical (unpaired) electrons. The number of hydrogen-bond acceptors (Lipinski definition) is 5. The molecular formula is C19H19N3OS2. The van der Waals surface area contributed by atoms with Crippen LogP contribution in [0.25, 0.3) is 0 Å². The average molecular weight is 370 g/mol. The van der Waals surface area contributed by atoms with E-state index in [9.17, 15) is 4.79 Å². The van der Waals surface area contributed by atoms with Gasteiger partial charge >= 0.3 is 0 Å². The van der Waals surface area contributed by atoms with E-state index in [2.05, 4.69) is 16.3 Å². The minimum atomic E-state index is 0.0429. The number of carbonyl (C=O) groups excluding carboxylic acids is 1. The second kappa shape index (κ2) is 7.20. The summed E-state index contributed by atoms with van der Waals surface area (Å²) in [5.41, 5.74) is 0.655. The number of benzene rings is 1. The second-order valence-corrected chi connectivity index (χ2v) is 9.04. The molecule has 128 valence electrons. The minimum Gasteiger partial charge on any atom is -0.347 e. The zero-order valence-corrected chi connectivity index (χ0v) is 15.4. The van der Waals surface area contributed by atoms with Gasteiger partial charge in [0.05, 0.1) is 20.7 Å². The topological polar surface area (TPSA) is 56.1 Å². The predicted molar refractivity (Wildman–Crippen MR) is 100 cm³/mol. The third kappa shape index (κ3) is 3.74. The van der Waals surface area contributed by atoms with Crippen LogP contribution in [0.4, 0.5) is 0 Å². The quantitative estimate of drug-likeness (QED) is 0.895. The summed E-state index contributed by atoms with van der Waals surface area (Å²) in [7, 11) is 0. The van der Waals surface area contributed by atoms with Crippen LogP contribution in [0.15, 0.2) is 45.5 Å². The number of thiophene rings is 1. The van der Waals surface area contributed by atoms with Crippen molar-refractivity contribution in [1.82, 2.24) is 10.2 Å². The van der Waals surface area contributed by atoms with Crippen LogP contribution in [0.1, 0.15) is 28.1 Å². The molecule has 3 fully saturated rings. The Balaban J connectivity index is 1.40. The number of amides is 1. The maximum atomic E-state index is 12.6. The highest BCUT2D eigenvalue weighted by Gasteiger charge is 2.35. The summed E-state index contributed by atoms with van der Waals surface area (Å²) in [6, 6.07) is 13.9. The van der Waals surface area contributed by atoms with Crippen LogP contribution in [0.3, 0.4) is 0 Å². The number of fused-ring (bicyclic) bond motifs is 3. The van der Waals surface area contributed by atoms with Crippen molar-refractivity contribution < 1.29 is 4.79 Å². The first-order valence-corrected chi connectivity index (χ1v) is 10.2. The van der Waals surface area contributed by atoms with Gasteiger partial charge in [-0.05, 0) is 62.2 Å². The van der Waals surface area contributed by atoms with Gasteiger partial charge in [0.1, 0.15) is 0 Å². The van der Waals surface area contributed by atoms with Crippen molar-refractivity contribution in [2.75, 3.05) is 19.6 Å². The van der Waals surface area contributed by atoms with Gasteiger partial charge in [-0.3, -0.25) is 4.79 Å². The Bertz CT molecular complexity index is 818. The average Bonchev–Trinajstić information content (AvgIpc) is 3.11. The Kier molecular flexibility index (Phi) is 4.80. The van der Waals surface area contributed by atoms with E-state index in [1.807, 2.05) is 30.3 Å². The Morgan fingerprint density at radius 3 is 2.84 bits per heavy atom. The van der Waals surface area contributed by atoms with Crippen LogP contribution in [0.5, 0.6) is 0 Å². The standard InChI is InChI=1S/C19H19N3OS2/c20-11-13-2-1-3-15(10-13)24-18-5-4-17(25-18)19(23)21-16-12-22-8-6-14(16)7-9-22/h1-5,10,14,16H,6-9,12H2,(H,21,23). The lowest BCUT2D eigenvalue weighted by atomic mass is 9.84. The van der Waals surface area contributed by atoms with Crippen molar-refractivity contribution in [2.24, 2.45) is 5.92 Å². The second-order valence-electron chi connectivity index (χ2n) is 6.58. The Labute approximate surface area is 155 Å². The predicted octanol–water partition coefficient (Wildman–Crippen LogP) is 3.59. The van der Waals surface area contributed by atoms with Crippen LogP contribution in [0, 0.1) is 17.2 Å². The van der Waals surface area contributed by atoms with Gasteiger partial charge in [-0.1, -0.05) is 17.8 Å². The van der Waals surface area contributed by atoms with Crippen molar-refractivity contribution in [3.63, 3.8) is 0 Å². The zero-order chi connectivity index (χ0) is 17.2. The molecule has 3 aliphatic heterocycles. The highest BCUT2D eigenvalue weighted by Crippen LogP contribution is 2.34. The van der Waals surface area contributed by atoms with Crippen LogP contribution in [-0.4, -0.2) is 36.5 Å². The lowest BCUT2D eigenvalue weighted by Gasteiger charge is -2.44. The third-order valence-electron chi connectivity index (χ3n) is 4.96. The summed E-state index contributed by atoms with van der Waals surface area (Å²) >= 11 is 3.11. The van der Waals surface area contributed by atoms with Gasteiger partial charge in [-0.15, -0.1) is 11.3 Å². The molecule has 1 atom stereocenters. The third-order valence-corrected chi connectivity index (χ3v) is 7.16. The summed E-state index contributed by atoms with van der Waals surface area (Å²) < 4.78 is 1.06. The first-order chi connectivity index (χ1) is 12.2. The highest BCUT2D eigenvalue weighted by atomic mass is 32.2. The van der Waals surface area contributed by atoms with Crippen molar-refractivity contribution in [3.8, 4) is 6.07 Å². The Hall–Kier alpha value is -1.81. The summed E-state index contributed by atoms with van der Waals surface area (Å²) in [5.74, 6) is 0.679. The monoisotopic (exact) mass is 369 g/mol. The molecule has 1 aromatic heterocycles. The number of piperidine rings is 3. The fourth-order valence-electron chi connectivity index (χ4n) is 3.61. The van der Waals surface area contributed by atoms with Gasteiger partial charge in [0, 0.05) is 17.5 Å². The molecule has 1 N–H and O–H groups in total. The van der Waals surface area contributed by atoms with Crippen molar-refractivity contribution in [1.29, 1.82) is 5.26 Å². The summed E-state index contributed by atoms with van der Waals surface area (Å²) in [4.78, 5) is 16.8. The SMILES string of the molecule is N#Cc1cccc(Sc2ccc(C(=O)NC3CN4CCC3CC4)s2)c1. The van der Waals surface area contributed by atoms with E-state index in [0.717, 1.165) is 20.5 Å². The van der Waals surface area contributed by atoms with Crippen molar-refractivity contribution in [3.05, 3.63) is 46.8 Å². The first kappa shape index (κ1) is 16.6. The number of nitrogens with zero attached hydrogens (tertiary/aromatic N) is 2. The van der Waals surface area contributed by atoms with E-state index in [1.165, 1.54) is 37.3 Å². The van der Waals surface area contributed by atoms with Gasteiger partial charge in [0.25, 0.3) is 5.91 Å². The van der Waals surface area contributed by atoms with E-state index < -0.39 is 0 Å². The van der Waals surface area contributed by atoms with Crippen LogP contribution >= 0.6 is 23.1 Å². The molecule has 5 rings (SSSR count). The van der Waals surface area contributed by atoms with E-state index in [1.54, 1.807) is 17.8 Å². The lowest BCUT2D eigenvalue weighted by molar-refractivity contribution is 0.0622. The van der Waals surface area contributed by atoms with Crippen molar-refractivity contribution >= 4 is 29.0 Å². The number of nitriles is 1. The molecule has 0 spiro atoms. The number of nitrogens with one attached hydrogen (secondary N) is 1. The molecule has 3 aliphatic rings. The lowest BCUT2D eigenvalue weighted by Crippen LogP contribution is -2.57. The van der Waals surface area contributed by atoms with Crippen LogP contribution < -0.4 is 5.32 Å². The van der Waals surface area contributed by atoms with Gasteiger partial charge in [-0.2, -0.15) is 5.26 Å². The molecule has 6 heteroatoms. The molecule has 1 amide bonds. The molecule has 1 aromatic carbocycles. The van der Waals surface area contributed by atoms with Gasteiger partial charge in [0.2, 0.25) is 0 Å². The molecule has 2 bridgehead atoms. The number of hydrogen-bond donors (Lipinski definition) is 1. The van der Waals surface area contributed by atoms with E-state index in [-0.39, 0.29) is 5.91 Å². The van der Waals surface area contributed by atoms with Crippen LogP contribution in [0.2, 0.25) is 0 Å². The number of rotatable bonds is 4. The van der Waals surface area contributed by atoms with Crippen molar-refractivity contribution in [2.45, 2.75) is 28.0 Å². The maximum Gasteiger partial charge on any atom is 0.261 e. The molecule has 0 saturated carbocycles. The van der Waals surface area contributed by atoms with E-state index in [0.29, 0.717) is 17.5 Å². The fourth-order valence-corrected chi connectivity index (χ4v) is 5.68. The molecule has 4 nitrogen and oxygen atoms in total. The largest absolute Gasteiger partial charge is 0.347 e. The summed E-state index contributed by atoms with van der Waals surface area (Å²) in [6.45, 7) is 3.35. The molecule has 25 heavy (non-hydrogen) atoms. The molecule has 2 aromatic rings. The minimum absolute atomic E-state index is 0.0429. The first-order valence-electron chi connectivity index (χ1n) is 8.52. The maximum absolute atomic E-state index is 12.6. The van der Waals surface area contributed by atoms with E-state index >= 15 is 0 Å². The molecular weight excluding hydrogens is 350 g/mol. The molecule has 1 unspecified atom stereocenters. The smallest absolute Gasteiger partial charge is 0.261 e.